The Morgan fingerprint density at radius 3 is 2.58 bits per heavy atom. The van der Waals surface area contributed by atoms with Crippen LogP contribution in [-0.2, 0) is 14.3 Å². The number of carbonyl (C=O) groups excluding carboxylic acids is 1. The number of ether oxygens (including phenoxy) is 2. The summed E-state index contributed by atoms with van der Waals surface area (Å²) in [6.07, 6.45) is 0. The Kier molecular flexibility index (Phi) is 6.35. The lowest BCUT2D eigenvalue weighted by Crippen LogP contribution is -2.47. The van der Waals surface area contributed by atoms with Crippen molar-refractivity contribution < 1.29 is 28.6 Å². The maximum atomic E-state index is 15.1. The number of aromatic carboxylic acids is 1. The monoisotopic (exact) mass is 477 g/mol. The van der Waals surface area contributed by atoms with Crippen LogP contribution in [0.25, 0.3) is 10.9 Å². The van der Waals surface area contributed by atoms with Crippen LogP contribution in [0.4, 0.5) is 10.1 Å². The van der Waals surface area contributed by atoms with Gasteiger partial charge in [0.25, 0.3) is 6.47 Å². The number of carbonyl (C=O) groups is 2. The number of nitrogens with zero attached hydrogens (tertiary/aromatic N) is 3. The Labute approximate surface area is 193 Å². The molecule has 2 aliphatic rings. The lowest BCUT2D eigenvalue weighted by atomic mass is 10.1. The van der Waals surface area contributed by atoms with Crippen LogP contribution in [-0.4, -0.2) is 66.8 Å². The zero-order valence-corrected chi connectivity index (χ0v) is 19.3. The number of hydrogen-bond donors (Lipinski definition) is 1. The minimum atomic E-state index is -1.30. The molecular formula is C22H24FN3O6S. The Bertz CT molecular complexity index is 1220. The second kappa shape index (κ2) is 9.06. The maximum absolute atomic E-state index is 15.1. The number of benzene rings is 1. The number of rotatable bonds is 7. The summed E-state index contributed by atoms with van der Waals surface area (Å²) in [5.74, 6) is -0.927. The summed E-state index contributed by atoms with van der Waals surface area (Å²) in [5, 5.41) is 9.89. The summed E-state index contributed by atoms with van der Waals surface area (Å²) in [4.78, 5) is 39.1. The number of allylic oxidation sites excluding steroid dienone is 1. The van der Waals surface area contributed by atoms with Gasteiger partial charge in [0.2, 0.25) is 5.43 Å². The topological polar surface area (TPSA) is 101 Å². The third-order valence-corrected chi connectivity index (χ3v) is 7.23. The van der Waals surface area contributed by atoms with Gasteiger partial charge in [0.15, 0.2) is 5.76 Å². The molecule has 1 aromatic heterocycles. The van der Waals surface area contributed by atoms with Crippen LogP contribution in [0.5, 0.6) is 0 Å². The molecule has 0 saturated carbocycles. The summed E-state index contributed by atoms with van der Waals surface area (Å²) in [6, 6.07) is 2.79. The SMILES string of the molecule is CO/C(C)=C(/CN1CCN(c2cc3c(cc2F)c(=O)c(C(=O)O)c2n3C(C)S2)CC1)OC=O. The van der Waals surface area contributed by atoms with Crippen LogP contribution in [0.15, 0.2) is 33.5 Å². The van der Waals surface area contributed by atoms with Gasteiger partial charge < -0.3 is 24.0 Å². The van der Waals surface area contributed by atoms with Crippen LogP contribution in [0, 0.1) is 5.82 Å². The predicted molar refractivity (Wildman–Crippen MR) is 121 cm³/mol. The fraction of sp³-hybridized carbons (Fsp3) is 0.409. The molecular weight excluding hydrogens is 453 g/mol. The van der Waals surface area contributed by atoms with Crippen molar-refractivity contribution in [1.29, 1.82) is 0 Å². The van der Waals surface area contributed by atoms with Crippen LogP contribution in [0.2, 0.25) is 0 Å². The Morgan fingerprint density at radius 2 is 2.00 bits per heavy atom. The molecule has 2 aliphatic heterocycles. The molecule has 1 aromatic carbocycles. The largest absolute Gasteiger partial charge is 0.498 e. The number of anilines is 1. The fourth-order valence-corrected chi connectivity index (χ4v) is 5.37. The van der Waals surface area contributed by atoms with E-state index >= 15 is 4.39 Å². The number of piperazine rings is 1. The van der Waals surface area contributed by atoms with Gasteiger partial charge in [-0.25, -0.2) is 9.18 Å². The van der Waals surface area contributed by atoms with E-state index in [-0.39, 0.29) is 16.3 Å². The normalized spacial score (nSPS) is 18.9. The number of halogens is 1. The Hall–Kier alpha value is -3.05. The molecule has 9 nitrogen and oxygen atoms in total. The molecule has 3 heterocycles. The second-order valence-corrected chi connectivity index (χ2v) is 9.19. The van der Waals surface area contributed by atoms with Crippen molar-refractivity contribution >= 4 is 40.8 Å². The highest BCUT2D eigenvalue weighted by Crippen LogP contribution is 2.46. The van der Waals surface area contributed by atoms with Crippen molar-refractivity contribution in [1.82, 2.24) is 9.47 Å². The summed E-state index contributed by atoms with van der Waals surface area (Å²) in [5.41, 5.74) is -0.0673. The molecule has 2 aromatic rings. The van der Waals surface area contributed by atoms with Crippen LogP contribution in [0.1, 0.15) is 29.6 Å². The third kappa shape index (κ3) is 4.06. The third-order valence-electron chi connectivity index (χ3n) is 6.06. The molecule has 0 amide bonds. The number of thioether (sulfide) groups is 1. The lowest BCUT2D eigenvalue weighted by molar-refractivity contribution is -0.125. The van der Waals surface area contributed by atoms with Crippen LogP contribution in [0.3, 0.4) is 0 Å². The van der Waals surface area contributed by atoms with E-state index in [1.54, 1.807) is 17.6 Å². The fourth-order valence-electron chi connectivity index (χ4n) is 4.22. The van der Waals surface area contributed by atoms with E-state index in [0.717, 1.165) is 6.07 Å². The highest BCUT2D eigenvalue weighted by atomic mass is 32.2. The van der Waals surface area contributed by atoms with Gasteiger partial charge in [-0.1, -0.05) is 11.8 Å². The molecule has 176 valence electrons. The van der Waals surface area contributed by atoms with E-state index in [1.165, 1.54) is 18.9 Å². The molecule has 0 aliphatic carbocycles. The van der Waals surface area contributed by atoms with E-state index in [9.17, 15) is 19.5 Å². The summed E-state index contributed by atoms with van der Waals surface area (Å²) in [7, 11) is 1.50. The number of carboxylic acid groups (broad SMARTS) is 1. The molecule has 1 atom stereocenters. The first kappa shape index (κ1) is 23.1. The zero-order chi connectivity index (χ0) is 23.9. The van der Waals surface area contributed by atoms with Gasteiger partial charge in [0, 0.05) is 31.6 Å². The van der Waals surface area contributed by atoms with Gasteiger partial charge >= 0.3 is 5.97 Å². The average molecular weight is 478 g/mol. The molecule has 11 heteroatoms. The molecule has 1 fully saturated rings. The summed E-state index contributed by atoms with van der Waals surface area (Å²) < 4.78 is 27.1. The smallest absolute Gasteiger partial charge is 0.342 e. The lowest BCUT2D eigenvalue weighted by Gasteiger charge is -2.37. The summed E-state index contributed by atoms with van der Waals surface area (Å²) >= 11 is 1.31. The van der Waals surface area contributed by atoms with E-state index in [2.05, 4.69) is 4.90 Å². The van der Waals surface area contributed by atoms with Gasteiger partial charge in [0.05, 0.1) is 35.3 Å². The standard InChI is InChI=1S/C22H24FN3O6S/c1-12(31-3)18(32-11-27)10-24-4-6-25(7-5-24)17-9-16-14(8-15(17)23)20(28)19(22(29)30)21-26(16)13(2)33-21/h8-9,11,13H,4-7,10H2,1-3H3,(H,29,30)/b18-12-. The molecule has 0 spiro atoms. The minimum Gasteiger partial charge on any atom is -0.498 e. The van der Waals surface area contributed by atoms with E-state index in [0.29, 0.717) is 66.9 Å². The van der Waals surface area contributed by atoms with Crippen molar-refractivity contribution in [2.75, 3.05) is 44.7 Å². The van der Waals surface area contributed by atoms with E-state index in [1.807, 2.05) is 11.8 Å². The van der Waals surface area contributed by atoms with Crippen molar-refractivity contribution in [2.45, 2.75) is 24.2 Å². The van der Waals surface area contributed by atoms with Gasteiger partial charge in [-0.3, -0.25) is 14.5 Å². The van der Waals surface area contributed by atoms with Gasteiger partial charge in [-0.05, 0) is 26.0 Å². The number of aromatic nitrogens is 1. The molecule has 1 unspecified atom stereocenters. The molecule has 1 saturated heterocycles. The average Bonchev–Trinajstić information content (AvgIpc) is 2.78. The van der Waals surface area contributed by atoms with Gasteiger partial charge in [-0.2, -0.15) is 0 Å². The van der Waals surface area contributed by atoms with Crippen molar-refractivity contribution in [3.05, 3.63) is 45.3 Å². The van der Waals surface area contributed by atoms with Crippen LogP contribution < -0.4 is 10.3 Å². The van der Waals surface area contributed by atoms with Gasteiger partial charge in [0.1, 0.15) is 17.1 Å². The second-order valence-electron chi connectivity index (χ2n) is 7.88. The van der Waals surface area contributed by atoms with Crippen molar-refractivity contribution in [3.63, 3.8) is 0 Å². The highest BCUT2D eigenvalue weighted by Gasteiger charge is 2.33. The highest BCUT2D eigenvalue weighted by molar-refractivity contribution is 8.00. The molecule has 4 rings (SSSR count). The minimum absolute atomic E-state index is 0.0524. The predicted octanol–water partition coefficient (Wildman–Crippen LogP) is 2.64. The number of carboxylic acids is 1. The first-order valence-electron chi connectivity index (χ1n) is 10.4. The van der Waals surface area contributed by atoms with Gasteiger partial charge in [-0.15, -0.1) is 0 Å². The maximum Gasteiger partial charge on any atom is 0.342 e. The quantitative estimate of drug-likeness (QED) is 0.476. The molecule has 1 N–H and O–H groups in total. The van der Waals surface area contributed by atoms with Crippen LogP contribution >= 0.6 is 11.8 Å². The van der Waals surface area contributed by atoms with Crippen molar-refractivity contribution in [3.8, 4) is 0 Å². The van der Waals surface area contributed by atoms with Crippen molar-refractivity contribution in [2.24, 2.45) is 0 Å². The first-order chi connectivity index (χ1) is 15.8. The number of pyridine rings is 1. The first-order valence-corrected chi connectivity index (χ1v) is 11.3. The zero-order valence-electron chi connectivity index (χ0n) is 18.5. The molecule has 33 heavy (non-hydrogen) atoms. The van der Waals surface area contributed by atoms with E-state index in [4.69, 9.17) is 9.47 Å². The summed E-state index contributed by atoms with van der Waals surface area (Å²) in [6.45, 7) is 6.63. The Balaban J connectivity index is 1.61. The number of hydrogen-bond acceptors (Lipinski definition) is 8. The Morgan fingerprint density at radius 1 is 1.30 bits per heavy atom. The molecule has 0 radical (unpaired) electrons. The molecule has 0 bridgehead atoms. The number of methoxy groups -OCH3 is 1. The number of fused-ring (bicyclic) bond motifs is 3. The van der Waals surface area contributed by atoms with E-state index < -0.39 is 17.2 Å².